The predicted octanol–water partition coefficient (Wildman–Crippen LogP) is 3.09. The highest BCUT2D eigenvalue weighted by molar-refractivity contribution is 5.90. The lowest BCUT2D eigenvalue weighted by Crippen LogP contribution is -2.56. The van der Waals surface area contributed by atoms with Gasteiger partial charge >= 0.3 is 6.09 Å². The van der Waals surface area contributed by atoms with Gasteiger partial charge in [-0.2, -0.15) is 0 Å². The summed E-state index contributed by atoms with van der Waals surface area (Å²) in [6.07, 6.45) is 0.406. The van der Waals surface area contributed by atoms with Crippen LogP contribution in [0.25, 0.3) is 0 Å². The molecule has 0 spiro atoms. The van der Waals surface area contributed by atoms with Crippen molar-refractivity contribution >= 4 is 11.9 Å². The van der Waals surface area contributed by atoms with E-state index in [1.165, 1.54) is 4.90 Å². The minimum absolute atomic E-state index is 0.0316. The lowest BCUT2D eigenvalue weighted by atomic mass is 9.92. The first-order valence-electron chi connectivity index (χ1n) is 7.96. The summed E-state index contributed by atoms with van der Waals surface area (Å²) in [4.78, 5) is 25.9. The smallest absolute Gasteiger partial charge is 0.410 e. The fraction of sp³-hybridized carbons (Fsp3) is 0.706. The molecule has 128 valence electrons. The molecule has 6 heteroatoms. The predicted molar refractivity (Wildman–Crippen MR) is 85.3 cm³/mol. The van der Waals surface area contributed by atoms with Crippen LogP contribution in [0.4, 0.5) is 4.79 Å². The van der Waals surface area contributed by atoms with Gasteiger partial charge in [-0.3, -0.25) is 9.69 Å². The second-order valence-electron chi connectivity index (χ2n) is 8.05. The molecule has 23 heavy (non-hydrogen) atoms. The summed E-state index contributed by atoms with van der Waals surface area (Å²) in [6, 6.07) is 1.40. The molecular formula is C17H26N2O4. The maximum absolute atomic E-state index is 12.4. The van der Waals surface area contributed by atoms with Gasteiger partial charge in [0, 0.05) is 18.0 Å². The fourth-order valence-electron chi connectivity index (χ4n) is 2.31. The topological polar surface area (TPSA) is 72.6 Å². The molecule has 6 nitrogen and oxygen atoms in total. The first-order valence-corrected chi connectivity index (χ1v) is 7.96. The van der Waals surface area contributed by atoms with Crippen LogP contribution in [0.5, 0.6) is 0 Å². The molecule has 0 aliphatic carbocycles. The van der Waals surface area contributed by atoms with Crippen molar-refractivity contribution in [2.24, 2.45) is 0 Å². The van der Waals surface area contributed by atoms with E-state index in [0.29, 0.717) is 18.7 Å². The van der Waals surface area contributed by atoms with Crippen molar-refractivity contribution in [1.29, 1.82) is 0 Å². The number of likely N-dealkylation sites (tertiary alicyclic amines) is 1. The van der Waals surface area contributed by atoms with E-state index in [0.717, 1.165) is 5.76 Å². The second kappa shape index (κ2) is 5.98. The van der Waals surface area contributed by atoms with Gasteiger partial charge in [0.2, 0.25) is 0 Å². The molecule has 1 aromatic heterocycles. The Hall–Kier alpha value is -1.85. The summed E-state index contributed by atoms with van der Waals surface area (Å²) in [5, 5.41) is 3.96. The molecule has 0 bridgehead atoms. The van der Waals surface area contributed by atoms with Crippen molar-refractivity contribution in [2.45, 2.75) is 71.4 Å². The molecule has 1 atom stereocenters. The Morgan fingerprint density at radius 2 is 1.96 bits per heavy atom. The summed E-state index contributed by atoms with van der Waals surface area (Å²) in [7, 11) is 0. The van der Waals surface area contributed by atoms with Crippen LogP contribution < -0.4 is 0 Å². The number of aromatic nitrogens is 1. The number of nitrogens with zero attached hydrogens (tertiary/aromatic N) is 2. The molecule has 1 amide bonds. The Morgan fingerprint density at radius 3 is 2.39 bits per heavy atom. The first-order chi connectivity index (χ1) is 10.5. The standard InChI is InChI=1S/C17H26N2O4/c1-16(2,3)14-10-11(18-23-14)9-13(20)12-7-8-19(12)15(21)22-17(4,5)6/h10,12H,7-9H2,1-6H3/t12-/m0/s1. The molecule has 2 rings (SSSR count). The number of rotatable bonds is 3. The minimum atomic E-state index is -0.562. The zero-order chi connectivity index (χ0) is 17.4. The lowest BCUT2D eigenvalue weighted by molar-refractivity contribution is -0.127. The molecule has 1 aromatic rings. The summed E-state index contributed by atoms with van der Waals surface area (Å²) < 4.78 is 10.6. The Morgan fingerprint density at radius 1 is 1.30 bits per heavy atom. The maximum atomic E-state index is 12.4. The molecule has 2 heterocycles. The quantitative estimate of drug-likeness (QED) is 0.855. The zero-order valence-electron chi connectivity index (χ0n) is 14.8. The second-order valence-corrected chi connectivity index (χ2v) is 8.05. The number of ketones is 1. The van der Waals surface area contributed by atoms with Crippen LogP contribution >= 0.6 is 0 Å². The van der Waals surface area contributed by atoms with E-state index < -0.39 is 17.7 Å². The van der Waals surface area contributed by atoms with Crippen LogP contribution in [-0.4, -0.2) is 40.1 Å². The highest BCUT2D eigenvalue weighted by atomic mass is 16.6. The van der Waals surface area contributed by atoms with Crippen LogP contribution in [0.1, 0.15) is 59.4 Å². The van der Waals surface area contributed by atoms with Gasteiger partial charge in [-0.15, -0.1) is 0 Å². The monoisotopic (exact) mass is 322 g/mol. The first kappa shape index (κ1) is 17.5. The Kier molecular flexibility index (Phi) is 4.55. The third kappa shape index (κ3) is 4.33. The van der Waals surface area contributed by atoms with E-state index in [1.54, 1.807) is 0 Å². The molecule has 0 N–H and O–H groups in total. The average molecular weight is 322 g/mol. The largest absolute Gasteiger partial charge is 0.444 e. The Balaban J connectivity index is 1.96. The number of hydrogen-bond donors (Lipinski definition) is 0. The van der Waals surface area contributed by atoms with Crippen molar-refractivity contribution < 1.29 is 18.8 Å². The third-order valence-corrected chi connectivity index (χ3v) is 3.67. The molecule has 0 unspecified atom stereocenters. The van der Waals surface area contributed by atoms with Crippen molar-refractivity contribution in [3.63, 3.8) is 0 Å². The van der Waals surface area contributed by atoms with Crippen molar-refractivity contribution in [2.75, 3.05) is 6.54 Å². The normalized spacial score (nSPS) is 18.5. The van der Waals surface area contributed by atoms with E-state index in [1.807, 2.05) is 47.6 Å². The lowest BCUT2D eigenvalue weighted by Gasteiger charge is -2.40. The number of amides is 1. The van der Waals surface area contributed by atoms with E-state index >= 15 is 0 Å². The van der Waals surface area contributed by atoms with Crippen molar-refractivity contribution in [3.8, 4) is 0 Å². The average Bonchev–Trinajstić information content (AvgIpc) is 2.72. The summed E-state index contributed by atoms with van der Waals surface area (Å²) >= 11 is 0. The SMILES string of the molecule is CC(C)(C)OC(=O)N1CC[C@H]1C(=O)Cc1cc(C(C)(C)C)on1. The molecule has 1 aliphatic rings. The molecule has 0 aromatic carbocycles. The number of carbonyl (C=O) groups is 2. The van der Waals surface area contributed by atoms with Gasteiger partial charge in [-0.1, -0.05) is 25.9 Å². The number of Topliss-reactive ketones (excluding diaryl/α,β-unsaturated/α-hetero) is 1. The van der Waals surface area contributed by atoms with Gasteiger partial charge in [0.05, 0.1) is 18.2 Å². The van der Waals surface area contributed by atoms with Gasteiger partial charge in [-0.25, -0.2) is 4.79 Å². The minimum Gasteiger partial charge on any atom is -0.444 e. The fourth-order valence-corrected chi connectivity index (χ4v) is 2.31. The highest BCUT2D eigenvalue weighted by Gasteiger charge is 2.39. The van der Waals surface area contributed by atoms with E-state index in [-0.39, 0.29) is 17.6 Å². The third-order valence-electron chi connectivity index (χ3n) is 3.67. The number of carbonyl (C=O) groups excluding carboxylic acids is 2. The summed E-state index contributed by atoms with van der Waals surface area (Å²) in [6.45, 7) is 12.1. The summed E-state index contributed by atoms with van der Waals surface area (Å²) in [5.41, 5.74) is -0.0997. The van der Waals surface area contributed by atoms with Gasteiger partial charge < -0.3 is 9.26 Å². The zero-order valence-corrected chi connectivity index (χ0v) is 14.8. The Labute approximate surface area is 137 Å². The van der Waals surface area contributed by atoms with Crippen LogP contribution in [-0.2, 0) is 21.4 Å². The van der Waals surface area contributed by atoms with Gasteiger partial charge in [-0.05, 0) is 27.2 Å². The highest BCUT2D eigenvalue weighted by Crippen LogP contribution is 2.25. The van der Waals surface area contributed by atoms with Crippen LogP contribution in [0.2, 0.25) is 0 Å². The number of hydrogen-bond acceptors (Lipinski definition) is 5. The van der Waals surface area contributed by atoms with Crippen LogP contribution in [0, 0.1) is 0 Å². The summed E-state index contributed by atoms with van der Waals surface area (Å²) in [5.74, 6) is 0.716. The van der Waals surface area contributed by atoms with Gasteiger partial charge in [0.1, 0.15) is 11.4 Å². The molecular weight excluding hydrogens is 296 g/mol. The molecule has 0 radical (unpaired) electrons. The van der Waals surface area contributed by atoms with Crippen LogP contribution in [0.3, 0.4) is 0 Å². The molecule has 1 fully saturated rings. The Bertz CT molecular complexity index is 592. The molecule has 1 saturated heterocycles. The molecule has 0 saturated carbocycles. The van der Waals surface area contributed by atoms with Gasteiger partial charge in [0.25, 0.3) is 0 Å². The van der Waals surface area contributed by atoms with Gasteiger partial charge in [0.15, 0.2) is 5.78 Å². The van der Waals surface area contributed by atoms with E-state index in [4.69, 9.17) is 9.26 Å². The van der Waals surface area contributed by atoms with Crippen molar-refractivity contribution in [1.82, 2.24) is 10.1 Å². The van der Waals surface area contributed by atoms with Crippen molar-refractivity contribution in [3.05, 3.63) is 17.5 Å². The van der Waals surface area contributed by atoms with Crippen LogP contribution in [0.15, 0.2) is 10.6 Å². The number of ether oxygens (including phenoxy) is 1. The van der Waals surface area contributed by atoms with E-state index in [2.05, 4.69) is 5.16 Å². The maximum Gasteiger partial charge on any atom is 0.410 e. The molecule has 1 aliphatic heterocycles. The van der Waals surface area contributed by atoms with E-state index in [9.17, 15) is 9.59 Å².